The molecular weight excluding hydrogens is 594 g/mol. The second kappa shape index (κ2) is 21.3. The summed E-state index contributed by atoms with van der Waals surface area (Å²) < 4.78 is 37.9. The Hall–Kier alpha value is -2.48. The molecule has 0 radical (unpaired) electrons. The Morgan fingerprint density at radius 3 is 2.02 bits per heavy atom. The predicted octanol–water partition coefficient (Wildman–Crippen LogP) is 8.31. The highest BCUT2D eigenvalue weighted by Gasteiger charge is 2.30. The molecule has 0 aliphatic heterocycles. The molecule has 2 rings (SSSR count). The van der Waals surface area contributed by atoms with Crippen LogP contribution in [0.3, 0.4) is 0 Å². The number of halogens is 1. The Bertz CT molecular complexity index is 1170. The molecule has 1 aromatic heterocycles. The van der Waals surface area contributed by atoms with Crippen LogP contribution in [0.5, 0.6) is 11.5 Å². The number of carbonyl (C=O) groups is 1. The molecule has 0 spiro atoms. The normalized spacial score (nSPS) is 13.0. The van der Waals surface area contributed by atoms with Gasteiger partial charge in [-0.2, -0.15) is 0 Å². The molecule has 10 heteroatoms. The van der Waals surface area contributed by atoms with Crippen molar-refractivity contribution in [3.05, 3.63) is 52.8 Å². The third-order valence-corrected chi connectivity index (χ3v) is 9.03. The van der Waals surface area contributed by atoms with Crippen molar-refractivity contribution in [2.75, 3.05) is 13.3 Å². The molecular formula is C35H56FN2O6P. The summed E-state index contributed by atoms with van der Waals surface area (Å²) in [6.45, 7) is 6.34. The number of rotatable bonds is 24. The van der Waals surface area contributed by atoms with E-state index in [1.54, 1.807) is 37.6 Å². The molecule has 45 heavy (non-hydrogen) atoms. The number of nitrogens with one attached hydrogen (secondary N) is 1. The van der Waals surface area contributed by atoms with E-state index in [4.69, 9.17) is 9.47 Å². The van der Waals surface area contributed by atoms with Crippen molar-refractivity contribution in [1.29, 1.82) is 0 Å². The monoisotopic (exact) mass is 650 g/mol. The minimum Gasteiger partial charge on any atom is -0.496 e. The third-order valence-electron chi connectivity index (χ3n) is 8.21. The molecule has 3 N–H and O–H groups in total. The van der Waals surface area contributed by atoms with E-state index in [0.717, 1.165) is 41.8 Å². The van der Waals surface area contributed by atoms with Crippen LogP contribution >= 0.6 is 7.60 Å². The van der Waals surface area contributed by atoms with Crippen LogP contribution in [0.1, 0.15) is 119 Å². The zero-order valence-corrected chi connectivity index (χ0v) is 28.8. The van der Waals surface area contributed by atoms with E-state index in [-0.39, 0.29) is 25.4 Å². The summed E-state index contributed by atoms with van der Waals surface area (Å²) in [5.41, 5.74) is 3.32. The van der Waals surface area contributed by atoms with Crippen LogP contribution in [-0.2, 0) is 22.4 Å². The summed E-state index contributed by atoms with van der Waals surface area (Å²) in [7, 11) is -2.97. The number of benzene rings is 1. The number of nitrogens with zero attached hydrogens (tertiary/aromatic N) is 1. The Balaban J connectivity index is 1.79. The highest BCUT2D eigenvalue weighted by molar-refractivity contribution is 7.51. The van der Waals surface area contributed by atoms with Crippen molar-refractivity contribution in [2.45, 2.75) is 136 Å². The van der Waals surface area contributed by atoms with Gasteiger partial charge in [0.2, 0.25) is 5.91 Å². The number of hydrogen-bond donors (Lipinski definition) is 3. The largest absolute Gasteiger partial charge is 0.496 e. The fourth-order valence-corrected chi connectivity index (χ4v) is 6.26. The number of hydrogen-bond acceptors (Lipinski definition) is 5. The van der Waals surface area contributed by atoms with Gasteiger partial charge in [0.15, 0.2) is 0 Å². The van der Waals surface area contributed by atoms with Gasteiger partial charge in [-0.1, -0.05) is 96.1 Å². The average Bonchev–Trinajstić information content (AvgIpc) is 2.99. The second-order valence-electron chi connectivity index (χ2n) is 12.2. The van der Waals surface area contributed by atoms with Crippen LogP contribution in [0, 0.1) is 13.8 Å². The minimum atomic E-state index is -4.60. The van der Waals surface area contributed by atoms with Gasteiger partial charge in [0.1, 0.15) is 24.3 Å². The molecule has 0 saturated heterocycles. The molecule has 0 saturated carbocycles. The number of amides is 1. The summed E-state index contributed by atoms with van der Waals surface area (Å²) in [5, 5.41) is 2.71. The molecule has 8 nitrogen and oxygen atoms in total. The molecule has 0 fully saturated rings. The van der Waals surface area contributed by atoms with Gasteiger partial charge >= 0.3 is 7.60 Å². The number of aromatic nitrogens is 1. The number of alkyl halides is 1. The lowest BCUT2D eigenvalue weighted by atomic mass is 10.0. The van der Waals surface area contributed by atoms with Crippen LogP contribution in [0.2, 0.25) is 0 Å². The maximum absolute atomic E-state index is 15.1. The van der Waals surface area contributed by atoms with Crippen LogP contribution in [0.25, 0.3) is 0 Å². The lowest BCUT2D eigenvalue weighted by molar-refractivity contribution is -0.122. The molecule has 2 atom stereocenters. The standard InChI is InChI=1S/C35H56FN2O6P/c1-5-6-7-8-9-10-11-12-13-14-15-16-17-18-34(39)38-32(31(36)26-45(40,41)42)23-29-19-21-30(22-20-29)44-25-33-28(3)35(43-4)27(2)24-37-33/h19-22,24,31-32H,5-18,23,25-26H2,1-4H3,(H,38,39)(H2,40,41,42)/t31?,32-/m0/s1. The van der Waals surface area contributed by atoms with Gasteiger partial charge in [-0.15, -0.1) is 0 Å². The molecule has 2 aromatic rings. The Morgan fingerprint density at radius 2 is 1.49 bits per heavy atom. The van der Waals surface area contributed by atoms with Crippen molar-refractivity contribution >= 4 is 13.5 Å². The van der Waals surface area contributed by atoms with E-state index in [1.807, 2.05) is 13.8 Å². The van der Waals surface area contributed by atoms with E-state index < -0.39 is 26.0 Å². The molecule has 1 heterocycles. The van der Waals surface area contributed by atoms with Crippen molar-refractivity contribution in [2.24, 2.45) is 0 Å². The van der Waals surface area contributed by atoms with Crippen LogP contribution in [0.15, 0.2) is 30.5 Å². The van der Waals surface area contributed by atoms with Crippen LogP contribution in [0.4, 0.5) is 4.39 Å². The summed E-state index contributed by atoms with van der Waals surface area (Å²) >= 11 is 0. The van der Waals surface area contributed by atoms with Crippen molar-refractivity contribution in [3.8, 4) is 11.5 Å². The van der Waals surface area contributed by atoms with Crippen molar-refractivity contribution < 1.29 is 33.0 Å². The highest BCUT2D eigenvalue weighted by atomic mass is 31.2. The lowest BCUT2D eigenvalue weighted by Crippen LogP contribution is -2.44. The van der Waals surface area contributed by atoms with Crippen LogP contribution < -0.4 is 14.8 Å². The summed E-state index contributed by atoms with van der Waals surface area (Å²) in [5.74, 6) is 1.07. The molecule has 1 aromatic carbocycles. The fourth-order valence-electron chi connectivity index (χ4n) is 5.55. The summed E-state index contributed by atoms with van der Waals surface area (Å²) in [6.07, 6.45) is 14.9. The Labute approximate surface area is 270 Å². The third kappa shape index (κ3) is 16.1. The quantitative estimate of drug-likeness (QED) is 0.0773. The molecule has 1 amide bonds. The SMILES string of the molecule is CCCCCCCCCCCCCCCC(=O)N[C@@H](Cc1ccc(OCc2ncc(C)c(OC)c2C)cc1)C(F)CP(=O)(O)O. The van der Waals surface area contributed by atoms with Crippen molar-refractivity contribution in [3.63, 3.8) is 0 Å². The average molecular weight is 651 g/mol. The molecule has 1 unspecified atom stereocenters. The van der Waals surface area contributed by atoms with E-state index in [2.05, 4.69) is 17.2 Å². The highest BCUT2D eigenvalue weighted by Crippen LogP contribution is 2.37. The van der Waals surface area contributed by atoms with E-state index >= 15 is 4.39 Å². The lowest BCUT2D eigenvalue weighted by Gasteiger charge is -2.23. The molecule has 254 valence electrons. The van der Waals surface area contributed by atoms with E-state index in [0.29, 0.717) is 17.7 Å². The summed E-state index contributed by atoms with van der Waals surface area (Å²) in [6, 6.07) is 5.98. The number of carbonyl (C=O) groups excluding carboxylic acids is 1. The smallest absolute Gasteiger partial charge is 0.328 e. The molecule has 0 aliphatic rings. The number of methoxy groups -OCH3 is 1. The predicted molar refractivity (Wildman–Crippen MR) is 179 cm³/mol. The van der Waals surface area contributed by atoms with Gasteiger partial charge in [-0.05, 0) is 44.4 Å². The van der Waals surface area contributed by atoms with Gasteiger partial charge in [0.25, 0.3) is 0 Å². The number of aryl methyl sites for hydroxylation is 1. The Kier molecular flexibility index (Phi) is 18.4. The van der Waals surface area contributed by atoms with Gasteiger partial charge in [-0.3, -0.25) is 14.3 Å². The first-order valence-corrected chi connectivity index (χ1v) is 18.5. The minimum absolute atomic E-state index is 0.0988. The van der Waals surface area contributed by atoms with Gasteiger partial charge in [0.05, 0.1) is 25.0 Å². The van der Waals surface area contributed by atoms with E-state index in [9.17, 15) is 19.1 Å². The van der Waals surface area contributed by atoms with Crippen molar-refractivity contribution in [1.82, 2.24) is 10.3 Å². The number of ether oxygens (including phenoxy) is 2. The number of unbranched alkanes of at least 4 members (excludes halogenated alkanes) is 12. The van der Waals surface area contributed by atoms with Gasteiger partial charge in [-0.25, -0.2) is 4.39 Å². The second-order valence-corrected chi connectivity index (χ2v) is 13.9. The molecule has 0 bridgehead atoms. The van der Waals surface area contributed by atoms with Gasteiger partial charge in [0, 0.05) is 23.7 Å². The summed E-state index contributed by atoms with van der Waals surface area (Å²) in [4.78, 5) is 35.8. The van der Waals surface area contributed by atoms with Gasteiger partial charge < -0.3 is 24.6 Å². The zero-order valence-electron chi connectivity index (χ0n) is 27.9. The molecule has 0 aliphatic carbocycles. The first-order valence-electron chi connectivity index (χ1n) is 16.7. The number of pyridine rings is 1. The zero-order chi connectivity index (χ0) is 33.1. The maximum atomic E-state index is 15.1. The first-order chi connectivity index (χ1) is 21.5. The van der Waals surface area contributed by atoms with E-state index in [1.165, 1.54) is 57.8 Å². The van der Waals surface area contributed by atoms with Crippen LogP contribution in [-0.4, -0.2) is 46.2 Å². The topological polar surface area (TPSA) is 118 Å². The first kappa shape index (κ1) is 38.7. The maximum Gasteiger partial charge on any atom is 0.328 e. The Morgan fingerprint density at radius 1 is 0.933 bits per heavy atom. The fraction of sp³-hybridized carbons (Fsp3) is 0.657.